The standard InChI is InChI=1S/C50H28N6/c1-2-12-29(13-3-1)45-46(54-40-20-10-9-19-39(40)53-45)36-24-23-31(32-14-4-5-15-33(32)36)30-22-25-42-38(28-30)44-35-17-7-6-16-34(35)43-37-18-8-11-21-41(37)55-47(43)48(44)56(42)50-49(55)51-26-27-52-50/h1-28H. The zero-order chi connectivity index (χ0) is 36.5. The Morgan fingerprint density at radius 1 is 0.357 bits per heavy atom. The third-order valence-electron chi connectivity index (χ3n) is 11.7. The highest BCUT2D eigenvalue weighted by Crippen LogP contribution is 2.47. The molecule has 0 amide bonds. The lowest BCUT2D eigenvalue weighted by atomic mass is 9.91. The van der Waals surface area contributed by atoms with Crippen LogP contribution in [-0.2, 0) is 0 Å². The summed E-state index contributed by atoms with van der Waals surface area (Å²) in [6, 6.07) is 56.1. The van der Waals surface area contributed by atoms with Gasteiger partial charge in [-0.25, -0.2) is 19.9 Å². The van der Waals surface area contributed by atoms with E-state index in [1.165, 1.54) is 43.4 Å². The van der Waals surface area contributed by atoms with E-state index in [1.54, 1.807) is 12.4 Å². The second-order valence-electron chi connectivity index (χ2n) is 14.6. The van der Waals surface area contributed by atoms with Gasteiger partial charge in [0.15, 0.2) is 11.3 Å². The van der Waals surface area contributed by atoms with Crippen molar-refractivity contribution >= 4 is 87.5 Å². The van der Waals surface area contributed by atoms with E-state index in [0.717, 1.165) is 77.8 Å². The van der Waals surface area contributed by atoms with Crippen molar-refractivity contribution in [2.75, 3.05) is 0 Å². The fourth-order valence-corrected chi connectivity index (χ4v) is 9.43. The summed E-state index contributed by atoms with van der Waals surface area (Å²) in [5.74, 6) is 0. The minimum atomic E-state index is 0.839. The molecule has 258 valence electrons. The molecule has 6 heteroatoms. The van der Waals surface area contributed by atoms with E-state index >= 15 is 0 Å². The third-order valence-corrected chi connectivity index (χ3v) is 11.7. The lowest BCUT2D eigenvalue weighted by molar-refractivity contribution is 1.13. The fourth-order valence-electron chi connectivity index (χ4n) is 9.43. The van der Waals surface area contributed by atoms with Crippen LogP contribution < -0.4 is 0 Å². The first-order valence-electron chi connectivity index (χ1n) is 18.9. The van der Waals surface area contributed by atoms with Crippen LogP contribution in [0.15, 0.2) is 170 Å². The molecule has 8 aromatic carbocycles. The number of rotatable bonds is 3. The normalized spacial score (nSPS) is 12.3. The van der Waals surface area contributed by atoms with Crippen molar-refractivity contribution in [2.24, 2.45) is 0 Å². The summed E-state index contributed by atoms with van der Waals surface area (Å²) >= 11 is 0. The predicted molar refractivity (Wildman–Crippen MR) is 230 cm³/mol. The highest BCUT2D eigenvalue weighted by Gasteiger charge is 2.26. The fraction of sp³-hybridized carbons (Fsp3) is 0. The molecular weight excluding hydrogens is 685 g/mol. The van der Waals surface area contributed by atoms with Gasteiger partial charge >= 0.3 is 0 Å². The van der Waals surface area contributed by atoms with Crippen molar-refractivity contribution in [1.82, 2.24) is 28.7 Å². The third kappa shape index (κ3) is 3.84. The zero-order valence-electron chi connectivity index (χ0n) is 29.8. The number of fused-ring (bicyclic) bond motifs is 14. The van der Waals surface area contributed by atoms with Gasteiger partial charge in [-0.3, -0.25) is 8.80 Å². The molecule has 13 rings (SSSR count). The van der Waals surface area contributed by atoms with Crippen LogP contribution in [0.25, 0.3) is 121 Å². The van der Waals surface area contributed by atoms with Crippen LogP contribution in [0.2, 0.25) is 0 Å². The van der Waals surface area contributed by atoms with Crippen molar-refractivity contribution in [3.8, 4) is 33.6 Å². The Morgan fingerprint density at radius 2 is 0.875 bits per heavy atom. The van der Waals surface area contributed by atoms with Crippen molar-refractivity contribution in [2.45, 2.75) is 0 Å². The molecule has 56 heavy (non-hydrogen) atoms. The van der Waals surface area contributed by atoms with E-state index < -0.39 is 0 Å². The van der Waals surface area contributed by atoms with Gasteiger partial charge in [0.1, 0.15) is 0 Å². The van der Waals surface area contributed by atoms with E-state index in [2.05, 4.69) is 136 Å². The second-order valence-corrected chi connectivity index (χ2v) is 14.6. The van der Waals surface area contributed by atoms with Crippen molar-refractivity contribution < 1.29 is 0 Å². The smallest absolute Gasteiger partial charge is 0.182 e. The van der Waals surface area contributed by atoms with E-state index in [1.807, 2.05) is 30.3 Å². The molecule has 0 bridgehead atoms. The van der Waals surface area contributed by atoms with Gasteiger partial charge in [0, 0.05) is 45.1 Å². The van der Waals surface area contributed by atoms with E-state index in [-0.39, 0.29) is 0 Å². The highest BCUT2D eigenvalue weighted by molar-refractivity contribution is 6.37. The first-order valence-corrected chi connectivity index (χ1v) is 18.9. The lowest BCUT2D eigenvalue weighted by Gasteiger charge is -2.15. The molecule has 6 nitrogen and oxygen atoms in total. The summed E-state index contributed by atoms with van der Waals surface area (Å²) in [4.78, 5) is 20.4. The Morgan fingerprint density at radius 3 is 1.57 bits per heavy atom. The number of benzene rings is 8. The number of hydrogen-bond donors (Lipinski definition) is 0. The van der Waals surface area contributed by atoms with Crippen LogP contribution in [0, 0.1) is 0 Å². The maximum atomic E-state index is 5.28. The van der Waals surface area contributed by atoms with Gasteiger partial charge in [-0.05, 0) is 63.0 Å². The molecule has 0 unspecified atom stereocenters. The van der Waals surface area contributed by atoms with Crippen LogP contribution in [0.1, 0.15) is 0 Å². The van der Waals surface area contributed by atoms with E-state index in [9.17, 15) is 0 Å². The molecule has 0 aliphatic heterocycles. The van der Waals surface area contributed by atoms with Crippen LogP contribution in [-0.4, -0.2) is 28.7 Å². The minimum Gasteiger partial charge on any atom is -0.288 e. The van der Waals surface area contributed by atoms with Gasteiger partial charge in [0.25, 0.3) is 0 Å². The van der Waals surface area contributed by atoms with Crippen LogP contribution >= 0.6 is 0 Å². The Labute approximate surface area is 318 Å². The molecule has 0 saturated heterocycles. The molecule has 0 aliphatic rings. The lowest BCUT2D eigenvalue weighted by Crippen LogP contribution is -2.01. The SMILES string of the molecule is c1ccc(-c2nc3ccccc3nc2-c2ccc(-c3ccc4c(c3)c3c5ccccc5c5c6ccccc6n6c7nccnc7n4c3c56)c3ccccc23)cc1. The quantitative estimate of drug-likeness (QED) is 0.171. The molecule has 5 heterocycles. The summed E-state index contributed by atoms with van der Waals surface area (Å²) in [6.45, 7) is 0. The Bertz CT molecular complexity index is 3730. The highest BCUT2D eigenvalue weighted by atomic mass is 15.1. The largest absolute Gasteiger partial charge is 0.288 e. The number of hydrogen-bond acceptors (Lipinski definition) is 4. The molecule has 0 fully saturated rings. The average molecular weight is 713 g/mol. The minimum absolute atomic E-state index is 0.839. The molecule has 0 atom stereocenters. The Kier molecular flexibility index (Phi) is 5.80. The summed E-state index contributed by atoms with van der Waals surface area (Å²) < 4.78 is 4.67. The van der Waals surface area contributed by atoms with Crippen molar-refractivity contribution in [1.29, 1.82) is 0 Å². The number of para-hydroxylation sites is 3. The number of nitrogens with zero attached hydrogens (tertiary/aromatic N) is 6. The second kappa shape index (κ2) is 10.9. The van der Waals surface area contributed by atoms with Crippen molar-refractivity contribution in [3.63, 3.8) is 0 Å². The van der Waals surface area contributed by atoms with Crippen LogP contribution in [0.5, 0.6) is 0 Å². The summed E-state index contributed by atoms with van der Waals surface area (Å²) in [7, 11) is 0. The molecule has 0 saturated carbocycles. The molecule has 0 radical (unpaired) electrons. The molecule has 13 aromatic rings. The first kappa shape index (κ1) is 29.7. The number of aromatic nitrogens is 6. The first-order chi connectivity index (χ1) is 27.8. The molecule has 0 N–H and O–H groups in total. The average Bonchev–Trinajstić information content (AvgIpc) is 3.80. The van der Waals surface area contributed by atoms with Gasteiger partial charge in [0.05, 0.1) is 44.5 Å². The molecule has 5 aromatic heterocycles. The monoisotopic (exact) mass is 712 g/mol. The van der Waals surface area contributed by atoms with E-state index in [0.29, 0.717) is 0 Å². The zero-order valence-corrected chi connectivity index (χ0v) is 29.8. The Hall–Kier alpha value is -7.70. The predicted octanol–water partition coefficient (Wildman–Crippen LogP) is 12.3. The maximum absolute atomic E-state index is 5.28. The molecule has 0 aliphatic carbocycles. The van der Waals surface area contributed by atoms with Crippen LogP contribution in [0.4, 0.5) is 0 Å². The topological polar surface area (TPSA) is 60.4 Å². The van der Waals surface area contributed by atoms with Gasteiger partial charge in [-0.2, -0.15) is 0 Å². The molecular formula is C50H28N6. The van der Waals surface area contributed by atoms with E-state index in [4.69, 9.17) is 19.9 Å². The summed E-state index contributed by atoms with van der Waals surface area (Å²) in [5, 5.41) is 9.64. The van der Waals surface area contributed by atoms with Gasteiger partial charge in [-0.15, -0.1) is 0 Å². The van der Waals surface area contributed by atoms with Gasteiger partial charge in [0.2, 0.25) is 0 Å². The van der Waals surface area contributed by atoms with Crippen molar-refractivity contribution in [3.05, 3.63) is 170 Å². The van der Waals surface area contributed by atoms with Gasteiger partial charge in [-0.1, -0.05) is 127 Å². The van der Waals surface area contributed by atoms with Crippen LogP contribution in [0.3, 0.4) is 0 Å². The summed E-state index contributed by atoms with van der Waals surface area (Å²) in [5.41, 5.74) is 14.2. The maximum Gasteiger partial charge on any atom is 0.182 e. The molecule has 0 spiro atoms. The Balaban J connectivity index is 1.12. The summed E-state index contributed by atoms with van der Waals surface area (Å²) in [6.07, 6.45) is 3.60. The van der Waals surface area contributed by atoms with Gasteiger partial charge < -0.3 is 0 Å².